The van der Waals surface area contributed by atoms with Gasteiger partial charge in [-0.3, -0.25) is 0 Å². The zero-order valence-electron chi connectivity index (χ0n) is 46.4. The number of rotatable bonds is 8. The first-order chi connectivity index (χ1) is 35.6. The van der Waals surface area contributed by atoms with Crippen LogP contribution in [-0.2, 0) is 27.1 Å². The molecule has 1 aliphatic rings. The molecule has 0 unspecified atom stereocenters. The van der Waals surface area contributed by atoms with Crippen LogP contribution in [0, 0.1) is 6.92 Å². The van der Waals surface area contributed by atoms with E-state index in [0.29, 0.717) is 0 Å². The second kappa shape index (κ2) is 18.0. The second-order valence-corrected chi connectivity index (χ2v) is 25.1. The smallest absolute Gasteiger partial charge is 0.160 e. The maximum absolute atomic E-state index is 7.31. The predicted molar refractivity (Wildman–Crippen MR) is 320 cm³/mol. The summed E-state index contributed by atoms with van der Waals surface area (Å²) < 4.78 is 7.31. The van der Waals surface area contributed by atoms with Crippen LogP contribution >= 0.6 is 0 Å². The molecule has 3 nitrogen and oxygen atoms in total. The van der Waals surface area contributed by atoms with Crippen LogP contribution in [0.4, 0.5) is 34.1 Å². The Morgan fingerprint density at radius 3 is 1.31 bits per heavy atom. The summed E-state index contributed by atoms with van der Waals surface area (Å²) in [5, 5.41) is 2.21. The fourth-order valence-electron chi connectivity index (χ4n) is 12.0. The Balaban J connectivity index is 1.26. The Labute approximate surface area is 446 Å². The molecule has 0 amide bonds. The lowest BCUT2D eigenvalue weighted by atomic mass is 9.67. The molecule has 0 N–H and O–H groups in total. The Morgan fingerprint density at radius 2 is 0.827 bits per heavy atom. The third-order valence-electron chi connectivity index (χ3n) is 15.9. The van der Waals surface area contributed by atoms with Gasteiger partial charge in [-0.1, -0.05) is 210 Å². The highest BCUT2D eigenvalue weighted by Gasteiger charge is 2.49. The molecule has 1 aliphatic carbocycles. The fraction of sp³-hybridized carbons (Fsp3) is 0.250. The quantitative estimate of drug-likeness (QED) is 0.151. The van der Waals surface area contributed by atoms with Crippen molar-refractivity contribution < 1.29 is 4.42 Å². The summed E-state index contributed by atoms with van der Waals surface area (Å²) in [4.78, 5) is 4.90. The van der Waals surface area contributed by atoms with Crippen LogP contribution in [0.2, 0.25) is 0 Å². The molecular weight excluding hydrogens is 909 g/mol. The molecule has 0 aliphatic heterocycles. The third-order valence-corrected chi connectivity index (χ3v) is 15.9. The number of fused-ring (bicyclic) bond motifs is 7. The number of hydrogen-bond donors (Lipinski definition) is 0. The number of hydrogen-bond acceptors (Lipinski definition) is 3. The Bertz CT molecular complexity index is 3620. The molecule has 0 spiro atoms. The van der Waals surface area contributed by atoms with Crippen LogP contribution in [0.5, 0.6) is 0 Å². The topological polar surface area (TPSA) is 19.6 Å². The van der Waals surface area contributed by atoms with Crippen molar-refractivity contribution in [3.05, 3.63) is 250 Å². The highest BCUT2D eigenvalue weighted by Crippen LogP contribution is 2.62. The van der Waals surface area contributed by atoms with Crippen molar-refractivity contribution >= 4 is 56.1 Å². The first kappa shape index (κ1) is 49.6. The van der Waals surface area contributed by atoms with Crippen molar-refractivity contribution in [2.24, 2.45) is 0 Å². The maximum Gasteiger partial charge on any atom is 0.160 e. The molecule has 1 aromatic heterocycles. The van der Waals surface area contributed by atoms with Gasteiger partial charge in [0.2, 0.25) is 0 Å². The minimum Gasteiger partial charge on any atom is -0.454 e. The number of benzene rings is 9. The zero-order valence-corrected chi connectivity index (χ0v) is 46.4. The highest BCUT2D eigenvalue weighted by molar-refractivity contribution is 6.20. The molecular formula is C72H72N2O. The van der Waals surface area contributed by atoms with Gasteiger partial charge in [-0.05, 0) is 163 Å². The average molecular weight is 981 g/mol. The number of aryl methyl sites for hydroxylation is 1. The van der Waals surface area contributed by atoms with Crippen LogP contribution in [0.25, 0.3) is 33.1 Å². The van der Waals surface area contributed by atoms with E-state index in [1.54, 1.807) is 0 Å². The third kappa shape index (κ3) is 8.55. The summed E-state index contributed by atoms with van der Waals surface area (Å²) in [7, 11) is 0. The van der Waals surface area contributed by atoms with Crippen LogP contribution in [0.1, 0.15) is 133 Å². The summed E-state index contributed by atoms with van der Waals surface area (Å²) in [6.07, 6.45) is 0. The van der Waals surface area contributed by atoms with Gasteiger partial charge < -0.3 is 14.2 Å². The van der Waals surface area contributed by atoms with Crippen LogP contribution in [0.3, 0.4) is 0 Å². The van der Waals surface area contributed by atoms with Gasteiger partial charge in [-0.25, -0.2) is 0 Å². The molecule has 75 heavy (non-hydrogen) atoms. The van der Waals surface area contributed by atoms with Crippen molar-refractivity contribution in [2.75, 3.05) is 9.80 Å². The molecule has 11 rings (SSSR count). The summed E-state index contributed by atoms with van der Waals surface area (Å²) in [5.74, 6) is 0. The summed E-state index contributed by atoms with van der Waals surface area (Å²) >= 11 is 0. The normalized spacial score (nSPS) is 13.5. The van der Waals surface area contributed by atoms with Crippen molar-refractivity contribution in [1.29, 1.82) is 0 Å². The summed E-state index contributed by atoms with van der Waals surface area (Å²) in [6.45, 7) is 29.7. The first-order valence-electron chi connectivity index (χ1n) is 26.9. The van der Waals surface area contributed by atoms with E-state index >= 15 is 0 Å². The predicted octanol–water partition coefficient (Wildman–Crippen LogP) is 20.4. The Morgan fingerprint density at radius 1 is 0.387 bits per heavy atom. The SMILES string of the molecule is Cc1cc(N(c2ccc(C(C)(C)C)cc2)c2cc3c(c4c2oc2ccccc24)-c2ccc(N(c4ccc(C(C)(C)C)cc4)c4ccc(C(C)(C)C)cc4)cc2C3(c2ccccc2)c2ccccc2)ccc1C(C)(C)C. The van der Waals surface area contributed by atoms with E-state index in [4.69, 9.17) is 4.42 Å². The number of anilines is 6. The number of para-hydroxylation sites is 1. The average Bonchev–Trinajstić information content (AvgIpc) is 4.15. The van der Waals surface area contributed by atoms with E-state index in [-0.39, 0.29) is 21.7 Å². The molecule has 9 aromatic carbocycles. The maximum atomic E-state index is 7.31. The number of nitrogens with zero attached hydrogens (tertiary/aromatic N) is 2. The van der Waals surface area contributed by atoms with Gasteiger partial charge in [0.15, 0.2) is 5.58 Å². The van der Waals surface area contributed by atoms with Crippen molar-refractivity contribution in [3.8, 4) is 11.1 Å². The monoisotopic (exact) mass is 981 g/mol. The molecule has 10 aromatic rings. The second-order valence-electron chi connectivity index (χ2n) is 25.1. The molecule has 3 heteroatoms. The lowest BCUT2D eigenvalue weighted by Gasteiger charge is -2.36. The van der Waals surface area contributed by atoms with E-state index in [2.05, 4.69) is 300 Å². The molecule has 0 saturated carbocycles. The summed E-state index contributed by atoms with van der Waals surface area (Å²) in [5.41, 5.74) is 21.2. The van der Waals surface area contributed by atoms with Crippen molar-refractivity contribution in [3.63, 3.8) is 0 Å². The van der Waals surface area contributed by atoms with Gasteiger partial charge >= 0.3 is 0 Å². The molecule has 0 fully saturated rings. The molecule has 0 saturated heterocycles. The molecule has 1 heterocycles. The molecule has 0 radical (unpaired) electrons. The molecule has 376 valence electrons. The van der Waals surface area contributed by atoms with E-state index in [9.17, 15) is 0 Å². The van der Waals surface area contributed by atoms with E-state index in [1.165, 1.54) is 61.2 Å². The highest BCUT2D eigenvalue weighted by atomic mass is 16.3. The minimum atomic E-state index is -0.754. The van der Waals surface area contributed by atoms with Crippen LogP contribution in [-0.4, -0.2) is 0 Å². The van der Waals surface area contributed by atoms with Crippen LogP contribution < -0.4 is 9.80 Å². The molecule has 0 atom stereocenters. The first-order valence-corrected chi connectivity index (χ1v) is 26.9. The van der Waals surface area contributed by atoms with Crippen molar-refractivity contribution in [2.45, 2.75) is 117 Å². The number of furan rings is 1. The van der Waals surface area contributed by atoms with E-state index < -0.39 is 5.41 Å². The fourth-order valence-corrected chi connectivity index (χ4v) is 12.0. The van der Waals surface area contributed by atoms with Gasteiger partial charge in [-0.2, -0.15) is 0 Å². The lowest BCUT2D eigenvalue weighted by Crippen LogP contribution is -2.29. The van der Waals surface area contributed by atoms with Gasteiger partial charge in [0.25, 0.3) is 0 Å². The van der Waals surface area contributed by atoms with E-state index in [1.807, 2.05) is 0 Å². The zero-order chi connectivity index (χ0) is 52.8. The summed E-state index contributed by atoms with van der Waals surface area (Å²) in [6, 6.07) is 75.4. The largest absolute Gasteiger partial charge is 0.454 e. The van der Waals surface area contributed by atoms with Crippen molar-refractivity contribution in [1.82, 2.24) is 0 Å². The van der Waals surface area contributed by atoms with Gasteiger partial charge in [0.05, 0.1) is 11.1 Å². The minimum absolute atomic E-state index is 0.00911. The standard InChI is InChI=1S/C72H72N2O/c1-47-44-56(41-43-60(47)71(11,12)13)74(55-38-32-50(33-39-55)70(8,9)10)63-46-62-65(66-59-26-20-21-27-64(59)75-67(63)66)58-42-40-57(45-61(58)72(62,51-22-16-14-17-23-51)52-24-18-15-19-25-52)73(53-34-28-48(29-35-53)68(2,3)4)54-36-30-49(31-37-54)69(5,6)7/h14-46H,1-13H3. The van der Waals surface area contributed by atoms with Gasteiger partial charge in [-0.15, -0.1) is 0 Å². The lowest BCUT2D eigenvalue weighted by molar-refractivity contribution is 0.586. The Hall–Kier alpha value is -7.62. The van der Waals surface area contributed by atoms with E-state index in [0.717, 1.165) is 56.1 Å². The Kier molecular flexibility index (Phi) is 11.9. The van der Waals surface area contributed by atoms with Gasteiger partial charge in [0, 0.05) is 39.2 Å². The van der Waals surface area contributed by atoms with Gasteiger partial charge in [0.1, 0.15) is 5.58 Å². The molecule has 0 bridgehead atoms. The van der Waals surface area contributed by atoms with Crippen LogP contribution in [0.15, 0.2) is 205 Å².